The quantitative estimate of drug-likeness (QED) is 0.137. The van der Waals surface area contributed by atoms with Crippen molar-refractivity contribution in [3.63, 3.8) is 0 Å². The molecule has 0 bridgehead atoms. The van der Waals surface area contributed by atoms with Crippen molar-refractivity contribution in [1.82, 2.24) is 0 Å². The van der Waals surface area contributed by atoms with Crippen LogP contribution in [0.3, 0.4) is 0 Å². The van der Waals surface area contributed by atoms with Gasteiger partial charge in [-0.2, -0.15) is 0 Å². The third-order valence-electron chi connectivity index (χ3n) is 8.30. The lowest BCUT2D eigenvalue weighted by atomic mass is 9.72. The van der Waals surface area contributed by atoms with Crippen LogP contribution in [0, 0.1) is 0 Å². The van der Waals surface area contributed by atoms with E-state index in [1.165, 1.54) is 11.1 Å². The molecule has 0 N–H and O–H groups in total. The van der Waals surface area contributed by atoms with Gasteiger partial charge in [-0.3, -0.25) is 9.59 Å². The zero-order valence-electron chi connectivity index (χ0n) is 22.9. The fourth-order valence-electron chi connectivity index (χ4n) is 6.15. The highest BCUT2D eigenvalue weighted by Crippen LogP contribution is 2.53. The van der Waals surface area contributed by atoms with E-state index in [1.807, 2.05) is 30.3 Å². The maximum Gasteiger partial charge on any atom is 0.197 e. The number of hydrogen-bond donors (Lipinski definition) is 0. The van der Waals surface area contributed by atoms with E-state index in [-0.39, 0.29) is 22.6 Å². The summed E-state index contributed by atoms with van der Waals surface area (Å²) in [4.78, 5) is 28.7. The fraction of sp³-hybridized carbons (Fsp3) is 0.0811. The molecule has 1 aliphatic heterocycles. The number of fused-ring (bicyclic) bond motifs is 3. The average molecular weight is 527 g/mol. The van der Waals surface area contributed by atoms with Crippen molar-refractivity contribution < 1.29 is 9.59 Å². The first kappa shape index (κ1) is 25.0. The summed E-state index contributed by atoms with van der Waals surface area (Å²) in [6, 6.07) is 38.5. The fourth-order valence-corrected chi connectivity index (χ4v) is 6.15. The monoisotopic (exact) mass is 527 g/mol. The molecule has 0 atom stereocenters. The van der Waals surface area contributed by atoms with Crippen LogP contribution in [0.15, 0.2) is 121 Å². The normalized spacial score (nSPS) is 16.0. The molecule has 3 nitrogen and oxygen atoms in total. The number of para-hydroxylation sites is 1. The molecule has 5 aromatic rings. The van der Waals surface area contributed by atoms with Crippen molar-refractivity contribution in [2.75, 3.05) is 4.90 Å². The first-order valence-electron chi connectivity index (χ1n) is 13.7. The number of allylic oxidation sites excluding steroid dienone is 1. The smallest absolute Gasteiger partial charge is 0.197 e. The van der Waals surface area contributed by atoms with Crippen LogP contribution in [0.1, 0.15) is 51.3 Å². The molecular formula is C37H26BNO2. The van der Waals surface area contributed by atoms with Gasteiger partial charge in [0.1, 0.15) is 7.85 Å². The molecule has 7 rings (SSSR count). The van der Waals surface area contributed by atoms with Crippen molar-refractivity contribution in [2.24, 2.45) is 0 Å². The van der Waals surface area contributed by atoms with Crippen molar-refractivity contribution in [3.8, 4) is 11.1 Å². The molecule has 4 heteroatoms. The van der Waals surface area contributed by atoms with Gasteiger partial charge < -0.3 is 4.90 Å². The van der Waals surface area contributed by atoms with Gasteiger partial charge in [0.2, 0.25) is 0 Å². The van der Waals surface area contributed by atoms with Gasteiger partial charge in [-0.25, -0.2) is 0 Å². The minimum atomic E-state index is -0.351. The second-order valence-electron chi connectivity index (χ2n) is 11.2. The van der Waals surface area contributed by atoms with Crippen LogP contribution in [0.25, 0.3) is 17.2 Å². The van der Waals surface area contributed by atoms with Gasteiger partial charge in [-0.1, -0.05) is 98.2 Å². The molecule has 41 heavy (non-hydrogen) atoms. The standard InChI is InChI=1S/C37H26BNO2/c1-37(2)31-20-23(19-30-35(40)28-16-15-26(38)22-29(28)36(30)41)13-17-33(31)39(27-11-7-4-8-12-27)34-18-14-25(21-32(34)37)24-9-5-3-6-10-24/h3-22H,1-2H3/b30-19-. The summed E-state index contributed by atoms with van der Waals surface area (Å²) < 4.78 is 0. The van der Waals surface area contributed by atoms with Crippen LogP contribution >= 0.6 is 0 Å². The van der Waals surface area contributed by atoms with Gasteiger partial charge in [0.15, 0.2) is 11.6 Å². The Morgan fingerprint density at radius 2 is 1.27 bits per heavy atom. The summed E-state index contributed by atoms with van der Waals surface area (Å²) in [5, 5.41) is 0. The molecule has 1 aliphatic carbocycles. The SMILES string of the molecule is [B]c1ccc2c(c1)C(=O)/C(=C\c1ccc3c(c1)C(C)(C)c1cc(-c4ccccc4)ccc1N3c1ccccc1)C2=O. The Balaban J connectivity index is 1.39. The van der Waals surface area contributed by atoms with E-state index in [0.717, 1.165) is 33.8 Å². The maximum atomic E-state index is 13.2. The van der Waals surface area contributed by atoms with Crippen molar-refractivity contribution in [2.45, 2.75) is 19.3 Å². The van der Waals surface area contributed by atoms with Crippen molar-refractivity contribution in [3.05, 3.63) is 149 Å². The largest absolute Gasteiger partial charge is 0.310 e. The van der Waals surface area contributed by atoms with Crippen LogP contribution in [-0.2, 0) is 5.41 Å². The number of carbonyl (C=O) groups excluding carboxylic acids is 2. The molecular weight excluding hydrogens is 501 g/mol. The molecule has 2 radical (unpaired) electrons. The van der Waals surface area contributed by atoms with Gasteiger partial charge in [0.25, 0.3) is 0 Å². The lowest BCUT2D eigenvalue weighted by molar-refractivity contribution is 0.0990. The van der Waals surface area contributed by atoms with Gasteiger partial charge >= 0.3 is 0 Å². The second-order valence-corrected chi connectivity index (χ2v) is 11.2. The highest BCUT2D eigenvalue weighted by molar-refractivity contribution is 6.43. The lowest BCUT2D eigenvalue weighted by Gasteiger charge is -2.42. The van der Waals surface area contributed by atoms with E-state index in [0.29, 0.717) is 16.6 Å². The Hall–Kier alpha value is -4.96. The average Bonchev–Trinajstić information content (AvgIpc) is 3.22. The first-order valence-corrected chi connectivity index (χ1v) is 13.7. The Morgan fingerprint density at radius 1 is 0.634 bits per heavy atom. The molecule has 194 valence electrons. The highest BCUT2D eigenvalue weighted by atomic mass is 16.2. The number of benzene rings is 5. The molecule has 1 heterocycles. The second kappa shape index (κ2) is 9.31. The minimum absolute atomic E-state index is 0.172. The summed E-state index contributed by atoms with van der Waals surface area (Å²) in [5.74, 6) is -0.538. The number of ketones is 2. The Kier molecular flexibility index (Phi) is 5.69. The summed E-state index contributed by atoms with van der Waals surface area (Å²) in [6.45, 7) is 4.48. The van der Waals surface area contributed by atoms with Crippen molar-refractivity contribution >= 4 is 48.0 Å². The Bertz CT molecular complexity index is 1910. The molecule has 0 saturated heterocycles. The van der Waals surface area contributed by atoms with Gasteiger partial charge in [0, 0.05) is 22.2 Å². The first-order chi connectivity index (χ1) is 19.8. The van der Waals surface area contributed by atoms with Crippen molar-refractivity contribution in [1.29, 1.82) is 0 Å². The zero-order chi connectivity index (χ0) is 28.3. The van der Waals surface area contributed by atoms with Gasteiger partial charge in [-0.05, 0) is 70.3 Å². The number of hydrogen-bond acceptors (Lipinski definition) is 3. The molecule has 0 spiro atoms. The van der Waals surface area contributed by atoms with Crippen LogP contribution in [0.2, 0.25) is 0 Å². The van der Waals surface area contributed by atoms with Crippen LogP contribution in [0.4, 0.5) is 17.1 Å². The van der Waals surface area contributed by atoms with Crippen LogP contribution in [0.5, 0.6) is 0 Å². The summed E-state index contributed by atoms with van der Waals surface area (Å²) in [6.07, 6.45) is 1.72. The number of carbonyl (C=O) groups is 2. The topological polar surface area (TPSA) is 37.4 Å². The van der Waals surface area contributed by atoms with E-state index in [2.05, 4.69) is 85.5 Å². The summed E-state index contributed by atoms with van der Waals surface area (Å²) >= 11 is 0. The molecule has 0 saturated carbocycles. The van der Waals surface area contributed by atoms with Crippen LogP contribution < -0.4 is 10.4 Å². The van der Waals surface area contributed by atoms with Crippen LogP contribution in [-0.4, -0.2) is 19.4 Å². The van der Waals surface area contributed by atoms with E-state index in [4.69, 9.17) is 7.85 Å². The molecule has 0 fully saturated rings. The predicted molar refractivity (Wildman–Crippen MR) is 167 cm³/mol. The zero-order valence-corrected chi connectivity index (χ0v) is 22.9. The predicted octanol–water partition coefficient (Wildman–Crippen LogP) is 7.72. The molecule has 0 unspecified atom stereocenters. The number of Topliss-reactive ketones (excluding diaryl/α,β-unsaturated/α-hetero) is 2. The number of anilines is 3. The van der Waals surface area contributed by atoms with E-state index >= 15 is 0 Å². The third-order valence-corrected chi connectivity index (χ3v) is 8.30. The molecule has 2 aliphatic rings. The molecule has 0 amide bonds. The lowest BCUT2D eigenvalue weighted by Crippen LogP contribution is -2.30. The van der Waals surface area contributed by atoms with E-state index in [1.54, 1.807) is 24.3 Å². The summed E-state index contributed by atoms with van der Waals surface area (Å²) in [7, 11) is 5.90. The maximum absolute atomic E-state index is 13.2. The van der Waals surface area contributed by atoms with Gasteiger partial charge in [-0.15, -0.1) is 0 Å². The molecule has 5 aromatic carbocycles. The third kappa shape index (κ3) is 3.98. The van der Waals surface area contributed by atoms with Gasteiger partial charge in [0.05, 0.1) is 16.9 Å². The number of nitrogens with zero attached hydrogens (tertiary/aromatic N) is 1. The van der Waals surface area contributed by atoms with E-state index < -0.39 is 0 Å². The summed E-state index contributed by atoms with van der Waals surface area (Å²) in [5.41, 5.74) is 9.80. The molecule has 0 aromatic heterocycles. The minimum Gasteiger partial charge on any atom is -0.310 e. The Labute approximate surface area is 241 Å². The van der Waals surface area contributed by atoms with E-state index in [9.17, 15) is 9.59 Å². The number of rotatable bonds is 3. The Morgan fingerprint density at radius 3 is 2.00 bits per heavy atom. The highest BCUT2D eigenvalue weighted by Gasteiger charge is 2.38.